The third-order valence-corrected chi connectivity index (χ3v) is 11.9. The van der Waals surface area contributed by atoms with Gasteiger partial charge in [-0.15, -0.1) is 0 Å². The van der Waals surface area contributed by atoms with Crippen LogP contribution in [0.1, 0.15) is 67.4 Å². The van der Waals surface area contributed by atoms with Gasteiger partial charge in [-0.3, -0.25) is 9.69 Å². The number of likely N-dealkylation sites (tertiary alicyclic amines) is 1. The zero-order valence-electron chi connectivity index (χ0n) is 28.8. The fourth-order valence-electron chi connectivity index (χ4n) is 8.64. The van der Waals surface area contributed by atoms with E-state index >= 15 is 0 Å². The van der Waals surface area contributed by atoms with E-state index < -0.39 is 6.17 Å². The molecule has 2 aromatic carbocycles. The van der Waals surface area contributed by atoms with Crippen molar-refractivity contribution in [2.45, 2.75) is 75.2 Å². The summed E-state index contributed by atoms with van der Waals surface area (Å²) in [5.41, 5.74) is 2.76. The molecule has 3 atom stereocenters. The molecular formula is C38H42ClFN8O3. The highest BCUT2D eigenvalue weighted by atomic mass is 35.5. The minimum atomic E-state index is -0.837. The minimum absolute atomic E-state index is 0.0556. The molecule has 11 nitrogen and oxygen atoms in total. The first-order valence-electron chi connectivity index (χ1n) is 18.2. The van der Waals surface area contributed by atoms with E-state index in [0.29, 0.717) is 57.0 Å². The summed E-state index contributed by atoms with van der Waals surface area (Å²) < 4.78 is 26.4. The summed E-state index contributed by atoms with van der Waals surface area (Å²) in [6, 6.07) is 12.6. The Morgan fingerprint density at radius 1 is 1.12 bits per heavy atom. The second-order valence-corrected chi connectivity index (χ2v) is 15.2. The Bertz CT molecular complexity index is 2000. The molecule has 1 amide bonds. The molecule has 266 valence electrons. The van der Waals surface area contributed by atoms with Crippen molar-refractivity contribution in [3.63, 3.8) is 0 Å². The number of nitrogens with zero attached hydrogens (tertiary/aromatic N) is 8. The van der Waals surface area contributed by atoms with Crippen LogP contribution in [-0.2, 0) is 17.8 Å². The summed E-state index contributed by atoms with van der Waals surface area (Å²) in [4.78, 5) is 36.3. The van der Waals surface area contributed by atoms with Gasteiger partial charge in [-0.25, -0.2) is 4.39 Å². The first-order valence-corrected chi connectivity index (χ1v) is 18.6. The van der Waals surface area contributed by atoms with Gasteiger partial charge in [0.25, 0.3) is 5.89 Å². The standard InChI is InChI=1S/C38H42ClFN8O3/c1-45(27-13-17-47(21-27)33(49)12-11-32-42-35(44-51-32)25-9-10-25)36-28-14-18-46(31-8-3-6-24-5-2-7-29(39)34(24)31)22-30(28)41-37(43-36)50-23-38-15-4-16-48(38)20-26(40)19-38/h2-3,5-8,11-12,25-27H,4,9-10,13-23H2,1H3/b12-11+/t26-,27-,38+/m1/s1. The van der Waals surface area contributed by atoms with Crippen LogP contribution in [0.15, 0.2) is 47.0 Å². The maximum absolute atomic E-state index is 14.6. The number of benzene rings is 2. The predicted molar refractivity (Wildman–Crippen MR) is 193 cm³/mol. The van der Waals surface area contributed by atoms with Crippen molar-refractivity contribution in [1.82, 2.24) is 29.9 Å². The molecule has 9 rings (SSSR count). The highest BCUT2D eigenvalue weighted by Crippen LogP contribution is 2.42. The van der Waals surface area contributed by atoms with Crippen LogP contribution in [0.25, 0.3) is 16.8 Å². The van der Waals surface area contributed by atoms with Gasteiger partial charge in [-0.1, -0.05) is 41.0 Å². The Hall–Kier alpha value is -4.29. The molecule has 4 fully saturated rings. The number of halogens is 2. The van der Waals surface area contributed by atoms with Crippen molar-refractivity contribution in [3.05, 3.63) is 70.5 Å². The van der Waals surface area contributed by atoms with Gasteiger partial charge in [0, 0.05) is 80.4 Å². The first kappa shape index (κ1) is 32.6. The average Bonchev–Trinajstić information content (AvgIpc) is 3.43. The summed E-state index contributed by atoms with van der Waals surface area (Å²) >= 11 is 6.75. The van der Waals surface area contributed by atoms with E-state index in [-0.39, 0.29) is 17.5 Å². The molecule has 1 saturated carbocycles. The lowest BCUT2D eigenvalue weighted by molar-refractivity contribution is -0.124. The van der Waals surface area contributed by atoms with E-state index in [1.165, 1.54) is 6.08 Å². The number of fused-ring (bicyclic) bond motifs is 3. The van der Waals surface area contributed by atoms with Gasteiger partial charge >= 0.3 is 6.01 Å². The van der Waals surface area contributed by atoms with Crippen LogP contribution in [-0.4, -0.2) is 99.9 Å². The molecule has 0 spiro atoms. The first-order chi connectivity index (χ1) is 24.8. The third-order valence-electron chi connectivity index (χ3n) is 11.6. The largest absolute Gasteiger partial charge is 0.461 e. The van der Waals surface area contributed by atoms with Crippen LogP contribution in [0.3, 0.4) is 0 Å². The molecule has 2 aromatic heterocycles. The second kappa shape index (κ2) is 13.0. The maximum Gasteiger partial charge on any atom is 0.318 e. The Labute approximate surface area is 301 Å². The Morgan fingerprint density at radius 3 is 2.84 bits per heavy atom. The van der Waals surface area contributed by atoms with Gasteiger partial charge in [0.1, 0.15) is 18.6 Å². The van der Waals surface area contributed by atoms with Crippen LogP contribution >= 0.6 is 11.6 Å². The number of anilines is 2. The molecular weight excluding hydrogens is 671 g/mol. The Balaban J connectivity index is 0.974. The number of likely N-dealkylation sites (N-methyl/N-ethyl adjacent to an activating group) is 1. The van der Waals surface area contributed by atoms with E-state index in [9.17, 15) is 9.18 Å². The quantitative estimate of drug-likeness (QED) is 0.198. The van der Waals surface area contributed by atoms with E-state index in [2.05, 4.69) is 56.2 Å². The number of alkyl halides is 1. The predicted octanol–water partition coefficient (Wildman–Crippen LogP) is 5.81. The van der Waals surface area contributed by atoms with Crippen molar-refractivity contribution in [1.29, 1.82) is 0 Å². The number of aromatic nitrogens is 4. The Kier molecular flexibility index (Phi) is 8.34. The number of rotatable bonds is 9. The average molecular weight is 713 g/mol. The molecule has 5 aliphatic rings. The molecule has 13 heteroatoms. The minimum Gasteiger partial charge on any atom is -0.461 e. The third kappa shape index (κ3) is 6.20. The second-order valence-electron chi connectivity index (χ2n) is 14.8. The molecule has 0 bridgehead atoms. The van der Waals surface area contributed by atoms with Crippen molar-refractivity contribution in [2.24, 2.45) is 0 Å². The number of ether oxygens (including phenoxy) is 1. The van der Waals surface area contributed by atoms with Crippen molar-refractivity contribution >= 4 is 45.9 Å². The van der Waals surface area contributed by atoms with Crippen LogP contribution in [0.5, 0.6) is 6.01 Å². The van der Waals surface area contributed by atoms with Crippen molar-refractivity contribution < 1.29 is 18.4 Å². The maximum atomic E-state index is 14.6. The van der Waals surface area contributed by atoms with Crippen molar-refractivity contribution in [2.75, 3.05) is 56.2 Å². The van der Waals surface area contributed by atoms with E-state index in [1.54, 1.807) is 6.08 Å². The summed E-state index contributed by atoms with van der Waals surface area (Å²) in [6.45, 7) is 4.25. The monoisotopic (exact) mass is 712 g/mol. The normalized spacial score (nSPS) is 24.8. The smallest absolute Gasteiger partial charge is 0.318 e. The van der Waals surface area contributed by atoms with Crippen LogP contribution in [0.4, 0.5) is 15.9 Å². The summed E-state index contributed by atoms with van der Waals surface area (Å²) in [5.74, 6) is 2.22. The summed E-state index contributed by atoms with van der Waals surface area (Å²) in [5, 5.41) is 6.88. The van der Waals surface area contributed by atoms with Crippen molar-refractivity contribution in [3.8, 4) is 6.01 Å². The van der Waals surface area contributed by atoms with Gasteiger partial charge in [0.15, 0.2) is 5.82 Å². The molecule has 4 aromatic rings. The van der Waals surface area contributed by atoms with Crippen LogP contribution in [0, 0.1) is 0 Å². The molecule has 0 N–H and O–H groups in total. The Morgan fingerprint density at radius 2 is 1.98 bits per heavy atom. The van der Waals surface area contributed by atoms with Gasteiger partial charge in [-0.2, -0.15) is 15.0 Å². The van der Waals surface area contributed by atoms with Gasteiger partial charge in [-0.05, 0) is 62.6 Å². The SMILES string of the molecule is CN(c1nc(OC[C@@]23CCCN2C[C@H](F)C3)nc2c1CCN(c1cccc3cccc(Cl)c13)C2)[C@@H]1CCN(C(=O)/C=C/c2nc(C3CC3)no2)C1. The molecule has 51 heavy (non-hydrogen) atoms. The van der Waals surface area contributed by atoms with Crippen LogP contribution < -0.4 is 14.5 Å². The number of hydrogen-bond donors (Lipinski definition) is 0. The highest BCUT2D eigenvalue weighted by Gasteiger charge is 2.49. The lowest BCUT2D eigenvalue weighted by atomic mass is 9.95. The molecule has 0 unspecified atom stereocenters. The van der Waals surface area contributed by atoms with Crippen LogP contribution in [0.2, 0.25) is 5.02 Å². The molecule has 0 radical (unpaired) electrons. The number of hydrogen-bond acceptors (Lipinski definition) is 10. The molecule has 6 heterocycles. The summed E-state index contributed by atoms with van der Waals surface area (Å²) in [6.07, 6.45) is 8.44. The molecule has 4 aliphatic heterocycles. The van der Waals surface area contributed by atoms with Gasteiger partial charge in [0.2, 0.25) is 5.91 Å². The lowest BCUT2D eigenvalue weighted by Crippen LogP contribution is -2.44. The molecule has 3 saturated heterocycles. The summed E-state index contributed by atoms with van der Waals surface area (Å²) in [7, 11) is 2.05. The van der Waals surface area contributed by atoms with E-state index in [1.807, 2.05) is 17.0 Å². The topological polar surface area (TPSA) is 104 Å². The van der Waals surface area contributed by atoms with E-state index in [0.717, 1.165) is 96.0 Å². The zero-order valence-corrected chi connectivity index (χ0v) is 29.6. The highest BCUT2D eigenvalue weighted by molar-refractivity contribution is 6.36. The fraction of sp³-hybridized carbons (Fsp3) is 0.500. The fourth-order valence-corrected chi connectivity index (χ4v) is 8.92. The van der Waals surface area contributed by atoms with Gasteiger partial charge < -0.3 is 24.0 Å². The lowest BCUT2D eigenvalue weighted by Gasteiger charge is -2.35. The number of amides is 1. The number of carbonyl (C=O) groups excluding carboxylic acids is 1. The zero-order chi connectivity index (χ0) is 34.7. The molecule has 1 aliphatic carbocycles. The number of carbonyl (C=O) groups is 1. The van der Waals surface area contributed by atoms with E-state index in [4.69, 9.17) is 30.8 Å². The van der Waals surface area contributed by atoms with Gasteiger partial charge in [0.05, 0.1) is 22.8 Å².